The Morgan fingerprint density at radius 2 is 1.88 bits per heavy atom. The van der Waals surface area contributed by atoms with Crippen LogP contribution in [0.3, 0.4) is 0 Å². The maximum Gasteiger partial charge on any atom is 0.138 e. The third kappa shape index (κ3) is 4.91. The lowest BCUT2D eigenvalue weighted by Gasteiger charge is -2.19. The molecular weight excluding hydrogens is 350 g/mol. The van der Waals surface area contributed by atoms with Gasteiger partial charge in [-0.1, -0.05) is 49.7 Å². The first-order chi connectivity index (χ1) is 12.5. The minimum atomic E-state index is -0.622. The molecule has 0 radical (unpaired) electrons. The Morgan fingerprint density at radius 3 is 2.58 bits per heavy atom. The Balaban J connectivity index is 1.47. The van der Waals surface area contributed by atoms with Crippen molar-refractivity contribution in [2.45, 2.75) is 44.4 Å². The third-order valence-electron chi connectivity index (χ3n) is 4.68. The number of aliphatic hydroxyl groups excluding tert-OH is 1. The Labute approximate surface area is 160 Å². The minimum Gasteiger partial charge on any atom is -0.489 e. The van der Waals surface area contributed by atoms with E-state index in [1.807, 2.05) is 24.3 Å². The van der Waals surface area contributed by atoms with E-state index >= 15 is 0 Å². The van der Waals surface area contributed by atoms with Crippen LogP contribution in [0.1, 0.15) is 31.7 Å². The van der Waals surface area contributed by atoms with Crippen molar-refractivity contribution in [1.82, 2.24) is 5.32 Å². The van der Waals surface area contributed by atoms with Crippen LogP contribution in [0.25, 0.3) is 0 Å². The molecule has 4 nitrogen and oxygen atoms in total. The summed E-state index contributed by atoms with van der Waals surface area (Å²) in [6.45, 7) is 5.25. The molecule has 0 aromatic heterocycles. The van der Waals surface area contributed by atoms with Crippen molar-refractivity contribution in [3.8, 4) is 11.5 Å². The predicted molar refractivity (Wildman–Crippen MR) is 104 cm³/mol. The van der Waals surface area contributed by atoms with Crippen molar-refractivity contribution >= 4 is 11.6 Å². The van der Waals surface area contributed by atoms with Crippen molar-refractivity contribution in [2.24, 2.45) is 0 Å². The van der Waals surface area contributed by atoms with Gasteiger partial charge in [0, 0.05) is 19.0 Å². The van der Waals surface area contributed by atoms with Crippen LogP contribution in [0.5, 0.6) is 11.5 Å². The van der Waals surface area contributed by atoms with Gasteiger partial charge < -0.3 is 19.9 Å². The van der Waals surface area contributed by atoms with Gasteiger partial charge in [0.2, 0.25) is 0 Å². The molecule has 5 heteroatoms. The van der Waals surface area contributed by atoms with Crippen molar-refractivity contribution in [3.63, 3.8) is 0 Å². The quantitative estimate of drug-likeness (QED) is 0.767. The lowest BCUT2D eigenvalue weighted by molar-refractivity contribution is 0.0756. The first-order valence-corrected chi connectivity index (χ1v) is 9.46. The zero-order valence-corrected chi connectivity index (χ0v) is 15.9. The van der Waals surface area contributed by atoms with Gasteiger partial charge in [0.05, 0.1) is 5.02 Å². The molecule has 0 aliphatic carbocycles. The number of hydrogen-bond donors (Lipinski definition) is 2. The van der Waals surface area contributed by atoms with E-state index in [0.29, 0.717) is 23.2 Å². The van der Waals surface area contributed by atoms with Gasteiger partial charge in [0.15, 0.2) is 0 Å². The van der Waals surface area contributed by atoms with Gasteiger partial charge in [-0.15, -0.1) is 0 Å². The van der Waals surface area contributed by atoms with Gasteiger partial charge >= 0.3 is 0 Å². The number of halogens is 1. The average Bonchev–Trinajstić information content (AvgIpc) is 3.10. The first kappa shape index (κ1) is 19.0. The van der Waals surface area contributed by atoms with E-state index in [1.54, 1.807) is 12.1 Å². The van der Waals surface area contributed by atoms with Crippen molar-refractivity contribution in [2.75, 3.05) is 13.2 Å². The maximum atomic E-state index is 10.4. The number of aliphatic hydroxyl groups is 1. The summed E-state index contributed by atoms with van der Waals surface area (Å²) in [6.07, 6.45) is 0.155. The molecule has 1 aliphatic rings. The number of nitrogens with one attached hydrogen (secondary N) is 1. The molecule has 1 fully saturated rings. The molecule has 2 aromatic carbocycles. The predicted octanol–water partition coefficient (Wildman–Crippen LogP) is 4.01. The number of ether oxygens (including phenoxy) is 2. The molecule has 1 saturated heterocycles. The summed E-state index contributed by atoms with van der Waals surface area (Å²) in [6, 6.07) is 15.4. The summed E-state index contributed by atoms with van der Waals surface area (Å²) in [5.74, 6) is 1.96. The Hall–Kier alpha value is -1.75. The van der Waals surface area contributed by atoms with Gasteiger partial charge in [0.25, 0.3) is 0 Å². The maximum absolute atomic E-state index is 10.4. The van der Waals surface area contributed by atoms with E-state index in [-0.39, 0.29) is 18.8 Å². The number of para-hydroxylation sites is 1. The molecule has 0 bridgehead atoms. The molecule has 0 spiro atoms. The SMILES string of the molecule is CC(C)c1ccc(O[C@@H]2CNC(C(O)COc3ccccc3Cl)C2)cc1. The van der Waals surface area contributed by atoms with Crippen LogP contribution < -0.4 is 14.8 Å². The summed E-state index contributed by atoms with van der Waals surface area (Å²) in [4.78, 5) is 0. The van der Waals surface area contributed by atoms with Crippen LogP contribution in [0.2, 0.25) is 5.02 Å². The highest BCUT2D eigenvalue weighted by Crippen LogP contribution is 2.25. The van der Waals surface area contributed by atoms with Gasteiger partial charge in [-0.05, 0) is 35.7 Å². The molecule has 1 heterocycles. The molecule has 2 aromatic rings. The van der Waals surface area contributed by atoms with E-state index in [9.17, 15) is 5.11 Å². The van der Waals surface area contributed by atoms with Crippen molar-refractivity contribution in [3.05, 3.63) is 59.1 Å². The standard InChI is InChI=1S/C21H26ClNO3/c1-14(2)15-7-9-16(10-8-15)26-17-11-19(23-12-17)20(24)13-25-21-6-4-3-5-18(21)22/h3-10,14,17,19-20,23-24H,11-13H2,1-2H3/t17-,19?,20?/m0/s1. The summed E-state index contributed by atoms with van der Waals surface area (Å²) in [7, 11) is 0. The Kier molecular flexibility index (Phi) is 6.41. The lowest BCUT2D eigenvalue weighted by atomic mass is 10.0. The highest BCUT2D eigenvalue weighted by molar-refractivity contribution is 6.32. The molecule has 0 amide bonds. The highest BCUT2D eigenvalue weighted by atomic mass is 35.5. The fraction of sp³-hybridized carbons (Fsp3) is 0.429. The average molecular weight is 376 g/mol. The molecule has 3 rings (SSSR count). The molecular formula is C21H26ClNO3. The van der Waals surface area contributed by atoms with Crippen molar-refractivity contribution < 1.29 is 14.6 Å². The minimum absolute atomic E-state index is 0.0415. The fourth-order valence-electron chi connectivity index (χ4n) is 3.09. The molecule has 2 N–H and O–H groups in total. The third-order valence-corrected chi connectivity index (χ3v) is 5.00. The smallest absolute Gasteiger partial charge is 0.138 e. The van der Waals surface area contributed by atoms with Crippen LogP contribution in [-0.4, -0.2) is 36.5 Å². The molecule has 1 aliphatic heterocycles. The molecule has 2 unspecified atom stereocenters. The van der Waals surface area contributed by atoms with E-state index in [0.717, 1.165) is 12.2 Å². The summed E-state index contributed by atoms with van der Waals surface area (Å²) in [5, 5.41) is 14.3. The lowest BCUT2D eigenvalue weighted by Crippen LogP contribution is -2.38. The van der Waals surface area contributed by atoms with Crippen LogP contribution in [0.15, 0.2) is 48.5 Å². The van der Waals surface area contributed by atoms with Crippen molar-refractivity contribution in [1.29, 1.82) is 0 Å². The molecule has 0 saturated carbocycles. The van der Waals surface area contributed by atoms with Gasteiger partial charge in [0.1, 0.15) is 30.3 Å². The monoisotopic (exact) mass is 375 g/mol. The van der Waals surface area contributed by atoms with Crippen LogP contribution in [0, 0.1) is 0 Å². The molecule has 26 heavy (non-hydrogen) atoms. The number of hydrogen-bond acceptors (Lipinski definition) is 4. The molecule has 3 atom stereocenters. The summed E-state index contributed by atoms with van der Waals surface area (Å²) in [5.41, 5.74) is 1.30. The van der Waals surface area contributed by atoms with Gasteiger partial charge in [-0.3, -0.25) is 0 Å². The normalized spacial score (nSPS) is 21.0. The highest BCUT2D eigenvalue weighted by Gasteiger charge is 2.31. The van der Waals surface area contributed by atoms with Crippen LogP contribution >= 0.6 is 11.6 Å². The largest absolute Gasteiger partial charge is 0.489 e. The second-order valence-electron chi connectivity index (χ2n) is 7.02. The molecule has 140 valence electrons. The second-order valence-corrected chi connectivity index (χ2v) is 7.43. The fourth-order valence-corrected chi connectivity index (χ4v) is 3.28. The van der Waals surface area contributed by atoms with Gasteiger partial charge in [-0.25, -0.2) is 0 Å². The zero-order valence-electron chi connectivity index (χ0n) is 15.2. The first-order valence-electron chi connectivity index (χ1n) is 9.08. The van der Waals surface area contributed by atoms with Gasteiger partial charge in [-0.2, -0.15) is 0 Å². The van der Waals surface area contributed by atoms with Crippen LogP contribution in [0.4, 0.5) is 0 Å². The van der Waals surface area contributed by atoms with E-state index in [1.165, 1.54) is 5.56 Å². The van der Waals surface area contributed by atoms with E-state index < -0.39 is 6.10 Å². The number of benzene rings is 2. The number of rotatable bonds is 7. The van der Waals surface area contributed by atoms with E-state index in [2.05, 4.69) is 31.3 Å². The topological polar surface area (TPSA) is 50.7 Å². The van der Waals surface area contributed by atoms with E-state index in [4.69, 9.17) is 21.1 Å². The summed E-state index contributed by atoms with van der Waals surface area (Å²) >= 11 is 6.07. The summed E-state index contributed by atoms with van der Waals surface area (Å²) < 4.78 is 11.7. The Morgan fingerprint density at radius 1 is 1.15 bits per heavy atom. The Bertz CT molecular complexity index is 705. The second kappa shape index (κ2) is 8.76. The van der Waals surface area contributed by atoms with Crippen LogP contribution in [-0.2, 0) is 0 Å². The zero-order chi connectivity index (χ0) is 18.5.